The molecule has 2 heterocycles. The van der Waals surface area contributed by atoms with Crippen LogP contribution < -0.4 is 10.6 Å². The van der Waals surface area contributed by atoms with Crippen molar-refractivity contribution < 1.29 is 4.79 Å². The average molecular weight is 426 g/mol. The molecule has 1 aliphatic heterocycles. The lowest BCUT2D eigenvalue weighted by atomic mass is 9.85. The Kier molecular flexibility index (Phi) is 4.73. The van der Waals surface area contributed by atoms with Crippen LogP contribution in [-0.2, 0) is 13.5 Å². The number of aromatic nitrogens is 2. The van der Waals surface area contributed by atoms with Gasteiger partial charge in [-0.1, -0.05) is 35.3 Å². The highest BCUT2D eigenvalue weighted by Gasteiger charge is 2.34. The van der Waals surface area contributed by atoms with E-state index in [9.17, 15) is 4.79 Å². The molecular formula is C21H17Cl2N5O. The van der Waals surface area contributed by atoms with Crippen molar-refractivity contribution in [3.8, 4) is 6.07 Å². The molecular weight excluding hydrogens is 409 g/mol. The maximum absolute atomic E-state index is 13.0. The summed E-state index contributed by atoms with van der Waals surface area (Å²) in [7, 11) is 1.83. The molecule has 0 aliphatic carbocycles. The maximum Gasteiger partial charge on any atom is 0.254 e. The van der Waals surface area contributed by atoms with Crippen LogP contribution in [0.25, 0.3) is 11.0 Å². The summed E-state index contributed by atoms with van der Waals surface area (Å²) in [6.45, 7) is 1.89. The first-order chi connectivity index (χ1) is 13.8. The number of benzene rings is 2. The first kappa shape index (κ1) is 19.3. The largest absolute Gasteiger partial charge is 0.343 e. The normalized spacial score (nSPS) is 18.5. The first-order valence-electron chi connectivity index (χ1n) is 8.92. The van der Waals surface area contributed by atoms with Gasteiger partial charge >= 0.3 is 0 Å². The number of carbonyl (C=O) groups is 1. The zero-order valence-electron chi connectivity index (χ0n) is 15.8. The number of rotatable bonds is 3. The molecule has 4 rings (SSSR count). The molecule has 1 amide bonds. The Morgan fingerprint density at radius 3 is 2.72 bits per heavy atom. The van der Waals surface area contributed by atoms with E-state index in [1.807, 2.05) is 36.7 Å². The average Bonchev–Trinajstić information content (AvgIpc) is 2.98. The third-order valence-corrected chi connectivity index (χ3v) is 5.66. The third kappa shape index (κ3) is 3.33. The highest BCUT2D eigenvalue weighted by atomic mass is 35.5. The van der Waals surface area contributed by atoms with Gasteiger partial charge in [0, 0.05) is 13.1 Å². The van der Waals surface area contributed by atoms with Gasteiger partial charge in [0.15, 0.2) is 0 Å². The highest BCUT2D eigenvalue weighted by molar-refractivity contribution is 6.39. The molecule has 0 radical (unpaired) electrons. The van der Waals surface area contributed by atoms with Crippen LogP contribution in [0, 0.1) is 11.3 Å². The van der Waals surface area contributed by atoms with E-state index in [1.165, 1.54) is 6.08 Å². The van der Waals surface area contributed by atoms with Crippen LogP contribution in [-0.4, -0.2) is 21.0 Å². The van der Waals surface area contributed by atoms with Crippen molar-refractivity contribution in [1.29, 1.82) is 5.26 Å². The van der Waals surface area contributed by atoms with Crippen molar-refractivity contribution in [2.45, 2.75) is 18.9 Å². The van der Waals surface area contributed by atoms with E-state index < -0.39 is 5.54 Å². The monoisotopic (exact) mass is 425 g/mol. The number of para-hydroxylation sites is 1. The predicted molar refractivity (Wildman–Crippen MR) is 115 cm³/mol. The summed E-state index contributed by atoms with van der Waals surface area (Å²) >= 11 is 12.5. The minimum Gasteiger partial charge on any atom is -0.343 e. The molecule has 1 unspecified atom stereocenters. The second-order valence-corrected chi connectivity index (χ2v) is 8.01. The van der Waals surface area contributed by atoms with E-state index >= 15 is 0 Å². The molecule has 0 saturated carbocycles. The zero-order chi connectivity index (χ0) is 20.8. The predicted octanol–water partition coefficient (Wildman–Crippen LogP) is 4.75. The number of imidazole rings is 1. The van der Waals surface area contributed by atoms with Crippen LogP contribution in [0.2, 0.25) is 10.0 Å². The standard InChI is InChI=1S/C21H17Cl2N5O/c1-21(9-4-10-24)11-12-7-8-15-18(16(12)19(29)27-21)28(2)20(25-15)26-17-13(22)5-3-6-14(17)23/h3-9H,11H2,1-2H3,(H,25,26)(H,27,29). The smallest absolute Gasteiger partial charge is 0.254 e. The number of hydrogen-bond acceptors (Lipinski definition) is 4. The molecule has 1 aromatic heterocycles. The van der Waals surface area contributed by atoms with Gasteiger partial charge in [0.25, 0.3) is 5.91 Å². The van der Waals surface area contributed by atoms with Gasteiger partial charge in [-0.3, -0.25) is 4.79 Å². The Labute approximate surface area is 177 Å². The minimum atomic E-state index is -0.613. The lowest BCUT2D eigenvalue weighted by Crippen LogP contribution is -2.50. The second kappa shape index (κ2) is 7.11. The topological polar surface area (TPSA) is 82.7 Å². The molecule has 8 heteroatoms. The van der Waals surface area contributed by atoms with Crippen molar-refractivity contribution in [2.75, 3.05) is 5.32 Å². The van der Waals surface area contributed by atoms with Crippen LogP contribution in [0.1, 0.15) is 22.8 Å². The Morgan fingerprint density at radius 1 is 1.31 bits per heavy atom. The lowest BCUT2D eigenvalue weighted by Gasteiger charge is -2.33. The van der Waals surface area contributed by atoms with Gasteiger partial charge in [0.05, 0.1) is 43.9 Å². The van der Waals surface area contributed by atoms with Crippen LogP contribution in [0.15, 0.2) is 42.5 Å². The summed E-state index contributed by atoms with van der Waals surface area (Å²) in [5, 5.41) is 16.0. The van der Waals surface area contributed by atoms with Gasteiger partial charge in [-0.25, -0.2) is 4.98 Å². The van der Waals surface area contributed by atoms with E-state index in [0.717, 1.165) is 11.1 Å². The zero-order valence-corrected chi connectivity index (χ0v) is 17.3. The summed E-state index contributed by atoms with van der Waals surface area (Å²) in [6.07, 6.45) is 3.68. The number of amides is 1. The third-order valence-electron chi connectivity index (χ3n) is 5.03. The number of hydrogen-bond donors (Lipinski definition) is 2. The summed E-state index contributed by atoms with van der Waals surface area (Å²) in [4.78, 5) is 17.6. The van der Waals surface area contributed by atoms with Crippen LogP contribution in [0.4, 0.5) is 11.6 Å². The van der Waals surface area contributed by atoms with Gasteiger partial charge in [0.1, 0.15) is 0 Å². The number of fused-ring (bicyclic) bond motifs is 3. The molecule has 0 saturated heterocycles. The summed E-state index contributed by atoms with van der Waals surface area (Å²) in [6, 6.07) is 11.0. The lowest BCUT2D eigenvalue weighted by molar-refractivity contribution is 0.0909. The van der Waals surface area contributed by atoms with E-state index in [-0.39, 0.29) is 5.91 Å². The molecule has 0 bridgehead atoms. The number of halogens is 2. The fourth-order valence-corrected chi connectivity index (χ4v) is 4.16. The number of allylic oxidation sites excluding steroid dienone is 1. The highest BCUT2D eigenvalue weighted by Crippen LogP contribution is 2.35. The molecule has 6 nitrogen and oxygen atoms in total. The first-order valence-corrected chi connectivity index (χ1v) is 9.68. The van der Waals surface area contributed by atoms with Crippen molar-refractivity contribution in [1.82, 2.24) is 14.9 Å². The molecule has 29 heavy (non-hydrogen) atoms. The summed E-state index contributed by atoms with van der Waals surface area (Å²) < 4.78 is 1.82. The SMILES string of the molecule is Cn1c(Nc2c(Cl)cccc2Cl)nc2ccc3c(c21)C(=O)NC(C)(C=CC#N)C3. The fraction of sp³-hybridized carbons (Fsp3) is 0.190. The summed E-state index contributed by atoms with van der Waals surface area (Å²) in [5.41, 5.74) is 2.83. The fourth-order valence-electron chi connectivity index (χ4n) is 3.67. The Bertz CT molecular complexity index is 1200. The number of nitrogens with zero attached hydrogens (tertiary/aromatic N) is 3. The molecule has 2 N–H and O–H groups in total. The van der Waals surface area contributed by atoms with Crippen molar-refractivity contribution in [3.05, 3.63) is 63.7 Å². The van der Waals surface area contributed by atoms with Gasteiger partial charge in [-0.2, -0.15) is 5.26 Å². The quantitative estimate of drug-likeness (QED) is 0.593. The number of nitrogens with one attached hydrogen (secondary N) is 2. The maximum atomic E-state index is 13.0. The van der Waals surface area contributed by atoms with E-state index in [0.29, 0.717) is 39.2 Å². The molecule has 2 aromatic carbocycles. The molecule has 146 valence electrons. The van der Waals surface area contributed by atoms with E-state index in [1.54, 1.807) is 24.3 Å². The van der Waals surface area contributed by atoms with Crippen molar-refractivity contribution in [2.24, 2.45) is 7.05 Å². The second-order valence-electron chi connectivity index (χ2n) is 7.19. The molecule has 1 aliphatic rings. The van der Waals surface area contributed by atoms with Gasteiger partial charge in [-0.15, -0.1) is 0 Å². The van der Waals surface area contributed by atoms with E-state index in [2.05, 4.69) is 15.6 Å². The van der Waals surface area contributed by atoms with Crippen LogP contribution in [0.5, 0.6) is 0 Å². The number of anilines is 2. The minimum absolute atomic E-state index is 0.202. The van der Waals surface area contributed by atoms with Crippen LogP contribution >= 0.6 is 23.2 Å². The Hall–Kier alpha value is -3.01. The number of carbonyl (C=O) groups excluding carboxylic acids is 1. The number of aryl methyl sites for hydroxylation is 1. The van der Waals surface area contributed by atoms with Crippen molar-refractivity contribution >= 4 is 51.8 Å². The number of nitriles is 1. The molecule has 3 aromatic rings. The van der Waals surface area contributed by atoms with Crippen molar-refractivity contribution in [3.63, 3.8) is 0 Å². The summed E-state index contributed by atoms with van der Waals surface area (Å²) in [5.74, 6) is 0.321. The Morgan fingerprint density at radius 2 is 2.03 bits per heavy atom. The molecule has 0 spiro atoms. The van der Waals surface area contributed by atoms with Gasteiger partial charge in [-0.05, 0) is 43.2 Å². The molecule has 1 atom stereocenters. The van der Waals surface area contributed by atoms with Gasteiger partial charge < -0.3 is 15.2 Å². The van der Waals surface area contributed by atoms with Crippen LogP contribution in [0.3, 0.4) is 0 Å². The van der Waals surface area contributed by atoms with E-state index in [4.69, 9.17) is 28.5 Å². The molecule has 0 fully saturated rings. The van der Waals surface area contributed by atoms with Gasteiger partial charge in [0.2, 0.25) is 5.95 Å². The Balaban J connectivity index is 1.81.